The van der Waals surface area contributed by atoms with Gasteiger partial charge in [-0.1, -0.05) is 17.3 Å². The molecule has 2 aromatic rings. The molecule has 1 aliphatic rings. The second-order valence-electron chi connectivity index (χ2n) is 6.05. The van der Waals surface area contributed by atoms with Crippen LogP contribution >= 0.6 is 15.9 Å². The van der Waals surface area contributed by atoms with Crippen LogP contribution in [0.4, 0.5) is 8.78 Å². The molecule has 1 fully saturated rings. The van der Waals surface area contributed by atoms with Crippen LogP contribution in [0.25, 0.3) is 0 Å². The van der Waals surface area contributed by atoms with E-state index >= 15 is 0 Å². The van der Waals surface area contributed by atoms with E-state index in [4.69, 9.17) is 14.2 Å². The smallest absolute Gasteiger partial charge is 0.372 e. The Balaban J connectivity index is 1.78. The number of halogens is 3. The van der Waals surface area contributed by atoms with Crippen LogP contribution in [0.5, 0.6) is 5.75 Å². The fraction of sp³-hybridized carbons (Fsp3) is 0.529. The van der Waals surface area contributed by atoms with Gasteiger partial charge in [-0.25, -0.2) is 0 Å². The molecule has 0 aliphatic carbocycles. The summed E-state index contributed by atoms with van der Waals surface area (Å²) in [6, 6.07) is 7.37. The van der Waals surface area contributed by atoms with Crippen molar-refractivity contribution in [1.82, 2.24) is 10.3 Å². The summed E-state index contributed by atoms with van der Waals surface area (Å²) in [5.41, 5.74) is 0.803. The standard InChI is InChI=1S/C17H20BrF2N3O3/c1-24-13-7-5-12(6-8-13)10-23-14(16(21-22-23)17(18,19)20)11-26-15-4-2-3-9-25-15/h5-8,15H,2-4,9-11H2,1H3/p+1. The zero-order valence-electron chi connectivity index (χ0n) is 14.4. The molecule has 1 aliphatic heterocycles. The van der Waals surface area contributed by atoms with E-state index in [9.17, 15) is 8.78 Å². The van der Waals surface area contributed by atoms with Crippen molar-refractivity contribution in [2.24, 2.45) is 0 Å². The zero-order valence-corrected chi connectivity index (χ0v) is 16.0. The number of rotatable bonds is 7. The van der Waals surface area contributed by atoms with Crippen LogP contribution in [-0.2, 0) is 27.5 Å². The topological polar surface area (TPSA) is 60.2 Å². The highest BCUT2D eigenvalue weighted by Crippen LogP contribution is 2.34. The highest BCUT2D eigenvalue weighted by molar-refractivity contribution is 9.09. The van der Waals surface area contributed by atoms with Crippen LogP contribution in [0.3, 0.4) is 0 Å². The lowest BCUT2D eigenvalue weighted by atomic mass is 10.2. The van der Waals surface area contributed by atoms with Gasteiger partial charge < -0.3 is 14.2 Å². The molecule has 1 N–H and O–H groups in total. The Morgan fingerprint density at radius 3 is 2.73 bits per heavy atom. The summed E-state index contributed by atoms with van der Waals surface area (Å²) in [7, 11) is 1.59. The second kappa shape index (κ2) is 8.41. The summed E-state index contributed by atoms with van der Waals surface area (Å²) < 4.78 is 45.6. The van der Waals surface area contributed by atoms with Gasteiger partial charge in [-0.3, -0.25) is 0 Å². The summed E-state index contributed by atoms with van der Waals surface area (Å²) in [4.78, 5) is -3.25. The summed E-state index contributed by atoms with van der Waals surface area (Å²) in [5, 5.41) is 6.43. The molecular weight excluding hydrogens is 412 g/mol. The van der Waals surface area contributed by atoms with E-state index in [-0.39, 0.29) is 24.3 Å². The van der Waals surface area contributed by atoms with Crippen LogP contribution in [0.2, 0.25) is 0 Å². The summed E-state index contributed by atoms with van der Waals surface area (Å²) in [6.45, 7) is 0.960. The molecule has 1 saturated heterocycles. The van der Waals surface area contributed by atoms with Gasteiger partial charge in [0, 0.05) is 27.6 Å². The monoisotopic (exact) mass is 432 g/mol. The van der Waals surface area contributed by atoms with Crippen molar-refractivity contribution in [3.8, 4) is 5.75 Å². The Kier molecular flexibility index (Phi) is 6.20. The van der Waals surface area contributed by atoms with E-state index in [0.29, 0.717) is 13.2 Å². The number of hydrogen-bond donors (Lipinski definition) is 1. The zero-order chi connectivity index (χ0) is 18.6. The summed E-state index contributed by atoms with van der Waals surface area (Å²) in [5.74, 6) is 0.731. The number of aromatic amines is 1. The molecule has 0 saturated carbocycles. The first-order valence-corrected chi connectivity index (χ1v) is 9.17. The molecule has 3 rings (SSSR count). The average Bonchev–Trinajstić information content (AvgIpc) is 3.04. The minimum atomic E-state index is -3.25. The summed E-state index contributed by atoms with van der Waals surface area (Å²) in [6.07, 6.45) is 2.39. The lowest BCUT2D eigenvalue weighted by Gasteiger charge is -2.22. The first-order chi connectivity index (χ1) is 12.5. The number of H-pyrrole nitrogens is 1. The molecule has 6 nitrogen and oxygen atoms in total. The average molecular weight is 433 g/mol. The van der Waals surface area contributed by atoms with Crippen molar-refractivity contribution in [2.75, 3.05) is 13.7 Å². The van der Waals surface area contributed by atoms with Gasteiger partial charge in [0.05, 0.1) is 7.11 Å². The number of nitrogens with zero attached hydrogens (tertiary/aromatic N) is 2. The molecule has 9 heteroatoms. The maximum absolute atomic E-state index is 13.8. The van der Waals surface area contributed by atoms with Crippen LogP contribution in [0, 0.1) is 0 Å². The maximum Gasteiger partial charge on any atom is 0.372 e. The van der Waals surface area contributed by atoms with Crippen molar-refractivity contribution in [3.63, 3.8) is 0 Å². The third kappa shape index (κ3) is 4.77. The van der Waals surface area contributed by atoms with E-state index in [1.165, 1.54) is 0 Å². The molecule has 0 amide bonds. The van der Waals surface area contributed by atoms with Crippen molar-refractivity contribution in [3.05, 3.63) is 41.2 Å². The van der Waals surface area contributed by atoms with Gasteiger partial charge in [0.25, 0.3) is 0 Å². The Bertz CT molecular complexity index is 713. The maximum atomic E-state index is 13.8. The van der Waals surface area contributed by atoms with Crippen LogP contribution in [0.15, 0.2) is 24.3 Å². The predicted octanol–water partition coefficient (Wildman–Crippen LogP) is 3.24. The molecule has 1 atom stereocenters. The number of alkyl halides is 3. The van der Waals surface area contributed by atoms with E-state index < -0.39 is 4.83 Å². The van der Waals surface area contributed by atoms with E-state index in [1.54, 1.807) is 11.8 Å². The van der Waals surface area contributed by atoms with Crippen LogP contribution in [0.1, 0.15) is 36.2 Å². The quantitative estimate of drug-likeness (QED) is 0.538. The van der Waals surface area contributed by atoms with Gasteiger partial charge in [0.2, 0.25) is 5.69 Å². The molecular formula is C17H21BrF2N3O3+. The highest BCUT2D eigenvalue weighted by Gasteiger charge is 2.42. The van der Waals surface area contributed by atoms with Crippen molar-refractivity contribution in [2.45, 2.75) is 43.5 Å². The fourth-order valence-corrected chi connectivity index (χ4v) is 3.11. The largest absolute Gasteiger partial charge is 0.497 e. The fourth-order valence-electron chi connectivity index (χ4n) is 2.80. The molecule has 142 valence electrons. The van der Waals surface area contributed by atoms with E-state index in [0.717, 1.165) is 30.6 Å². The van der Waals surface area contributed by atoms with Gasteiger partial charge >= 0.3 is 10.5 Å². The van der Waals surface area contributed by atoms with E-state index in [2.05, 4.69) is 26.2 Å². The Morgan fingerprint density at radius 2 is 2.12 bits per heavy atom. The number of aromatic nitrogens is 3. The molecule has 0 radical (unpaired) electrons. The third-order valence-corrected chi connectivity index (χ3v) is 4.57. The second-order valence-corrected chi connectivity index (χ2v) is 7.04. The number of hydrogen-bond acceptors (Lipinski definition) is 4. The molecule has 1 aromatic carbocycles. The lowest BCUT2D eigenvalue weighted by molar-refractivity contribution is -0.754. The van der Waals surface area contributed by atoms with Crippen LogP contribution < -0.4 is 9.42 Å². The van der Waals surface area contributed by atoms with Crippen LogP contribution in [-0.4, -0.2) is 30.3 Å². The molecule has 1 aromatic heterocycles. The predicted molar refractivity (Wildman–Crippen MR) is 92.1 cm³/mol. The SMILES string of the molecule is COc1ccc(C[n+]2[nH]nc(C(F)(F)Br)c2COC2CCCCO2)cc1. The molecule has 2 heterocycles. The molecule has 26 heavy (non-hydrogen) atoms. The van der Waals surface area contributed by atoms with Gasteiger partial charge in [-0.05, 0) is 37.0 Å². The first kappa shape index (κ1) is 19.2. The highest BCUT2D eigenvalue weighted by atomic mass is 79.9. The minimum absolute atomic E-state index is 0.0200. The Labute approximate surface area is 158 Å². The van der Waals surface area contributed by atoms with Gasteiger partial charge in [0.1, 0.15) is 18.9 Å². The molecule has 0 spiro atoms. The van der Waals surface area contributed by atoms with E-state index in [1.807, 2.05) is 24.3 Å². The van der Waals surface area contributed by atoms with Gasteiger partial charge in [-0.15, -0.1) is 0 Å². The van der Waals surface area contributed by atoms with Crippen molar-refractivity contribution < 1.29 is 27.7 Å². The number of benzene rings is 1. The first-order valence-electron chi connectivity index (χ1n) is 8.38. The number of methoxy groups -OCH3 is 1. The van der Waals surface area contributed by atoms with Gasteiger partial charge in [0.15, 0.2) is 6.29 Å². The van der Waals surface area contributed by atoms with Crippen molar-refractivity contribution >= 4 is 15.9 Å². The Morgan fingerprint density at radius 1 is 1.35 bits per heavy atom. The normalized spacial score (nSPS) is 18.1. The number of ether oxygens (including phenoxy) is 3. The summed E-state index contributed by atoms with van der Waals surface area (Å²) >= 11 is 2.39. The third-order valence-electron chi connectivity index (χ3n) is 4.19. The number of nitrogens with one attached hydrogen (secondary N) is 1. The minimum Gasteiger partial charge on any atom is -0.497 e. The molecule has 1 unspecified atom stereocenters. The Hall–Kier alpha value is -1.58. The lowest BCUT2D eigenvalue weighted by Crippen LogP contribution is -2.41. The molecule has 0 bridgehead atoms. The van der Waals surface area contributed by atoms with Crippen molar-refractivity contribution in [1.29, 1.82) is 0 Å². The van der Waals surface area contributed by atoms with Gasteiger partial charge in [-0.2, -0.15) is 13.5 Å².